The molecule has 5 nitrogen and oxygen atoms in total. The predicted octanol–water partition coefficient (Wildman–Crippen LogP) is 4.05. The molecule has 25 heavy (non-hydrogen) atoms. The molecule has 1 aromatic heterocycles. The first-order valence-electron chi connectivity index (χ1n) is 8.11. The van der Waals surface area contributed by atoms with E-state index in [1.165, 1.54) is 16.9 Å². The van der Waals surface area contributed by atoms with E-state index < -0.39 is 0 Å². The van der Waals surface area contributed by atoms with Gasteiger partial charge in [-0.3, -0.25) is 14.9 Å². The molecule has 0 radical (unpaired) electrons. The van der Waals surface area contributed by atoms with Crippen molar-refractivity contribution in [2.24, 2.45) is 0 Å². The first-order chi connectivity index (χ1) is 12.0. The maximum absolute atomic E-state index is 12.6. The summed E-state index contributed by atoms with van der Waals surface area (Å²) >= 11 is 1.48. The Balaban J connectivity index is 1.60. The Morgan fingerprint density at radius 3 is 2.88 bits per heavy atom. The molecular formula is C19H17N3O2S. The Morgan fingerprint density at radius 1 is 1.20 bits per heavy atom. The Kier molecular flexibility index (Phi) is 3.77. The van der Waals surface area contributed by atoms with Crippen LogP contribution < -0.4 is 10.6 Å². The molecule has 3 aromatic rings. The van der Waals surface area contributed by atoms with Gasteiger partial charge in [-0.05, 0) is 61.2 Å². The van der Waals surface area contributed by atoms with Gasteiger partial charge in [0.05, 0.1) is 10.2 Å². The van der Waals surface area contributed by atoms with Gasteiger partial charge in [0.1, 0.15) is 0 Å². The van der Waals surface area contributed by atoms with Crippen molar-refractivity contribution < 1.29 is 9.59 Å². The predicted molar refractivity (Wildman–Crippen MR) is 100 cm³/mol. The zero-order valence-corrected chi connectivity index (χ0v) is 14.8. The fourth-order valence-electron chi connectivity index (χ4n) is 3.12. The summed E-state index contributed by atoms with van der Waals surface area (Å²) in [5.74, 6) is -0.169. The highest BCUT2D eigenvalue weighted by atomic mass is 32.1. The van der Waals surface area contributed by atoms with Gasteiger partial charge in [-0.1, -0.05) is 17.4 Å². The highest BCUT2D eigenvalue weighted by molar-refractivity contribution is 7.22. The van der Waals surface area contributed by atoms with Crippen LogP contribution >= 0.6 is 11.3 Å². The van der Waals surface area contributed by atoms with Gasteiger partial charge in [-0.15, -0.1) is 0 Å². The van der Waals surface area contributed by atoms with Gasteiger partial charge >= 0.3 is 0 Å². The van der Waals surface area contributed by atoms with Crippen molar-refractivity contribution >= 4 is 44.2 Å². The van der Waals surface area contributed by atoms with Crippen LogP contribution in [0.2, 0.25) is 0 Å². The topological polar surface area (TPSA) is 71.1 Å². The van der Waals surface area contributed by atoms with Crippen molar-refractivity contribution in [3.8, 4) is 0 Å². The van der Waals surface area contributed by atoms with Gasteiger partial charge in [0.2, 0.25) is 5.91 Å². The summed E-state index contributed by atoms with van der Waals surface area (Å²) < 4.78 is 1.07. The number of thiazole rings is 1. The van der Waals surface area contributed by atoms with Gasteiger partial charge in [0, 0.05) is 17.7 Å². The van der Waals surface area contributed by atoms with E-state index in [4.69, 9.17) is 0 Å². The molecule has 0 spiro atoms. The van der Waals surface area contributed by atoms with E-state index in [0.717, 1.165) is 27.0 Å². The number of rotatable bonds is 2. The molecule has 0 atom stereocenters. The Hall–Kier alpha value is -2.73. The van der Waals surface area contributed by atoms with Crippen LogP contribution in [0.15, 0.2) is 30.3 Å². The van der Waals surface area contributed by atoms with Crippen LogP contribution in [0.1, 0.15) is 33.5 Å². The number of aromatic nitrogens is 1. The van der Waals surface area contributed by atoms with Gasteiger partial charge in [-0.2, -0.15) is 0 Å². The number of carbonyl (C=O) groups excluding carboxylic acids is 2. The van der Waals surface area contributed by atoms with Crippen LogP contribution in [-0.4, -0.2) is 16.8 Å². The molecule has 4 rings (SSSR count). The van der Waals surface area contributed by atoms with E-state index in [9.17, 15) is 9.59 Å². The third-order valence-corrected chi connectivity index (χ3v) is 5.23. The average Bonchev–Trinajstić information content (AvgIpc) is 2.97. The quantitative estimate of drug-likeness (QED) is 0.732. The molecule has 0 aliphatic carbocycles. The summed E-state index contributed by atoms with van der Waals surface area (Å²) in [4.78, 5) is 28.5. The van der Waals surface area contributed by atoms with E-state index in [2.05, 4.69) is 34.7 Å². The van der Waals surface area contributed by atoms with Crippen molar-refractivity contribution in [2.45, 2.75) is 26.7 Å². The summed E-state index contributed by atoms with van der Waals surface area (Å²) in [5.41, 5.74) is 5.57. The van der Waals surface area contributed by atoms with Gasteiger partial charge in [0.15, 0.2) is 5.13 Å². The first kappa shape index (κ1) is 15.8. The molecule has 126 valence electrons. The van der Waals surface area contributed by atoms with Crippen molar-refractivity contribution in [1.82, 2.24) is 4.98 Å². The number of fused-ring (bicyclic) bond motifs is 2. The lowest BCUT2D eigenvalue weighted by molar-refractivity contribution is -0.116. The fourth-order valence-corrected chi connectivity index (χ4v) is 4.16. The lowest BCUT2D eigenvalue weighted by Gasteiger charge is -2.17. The first-order valence-corrected chi connectivity index (χ1v) is 8.93. The average molecular weight is 351 g/mol. The second-order valence-electron chi connectivity index (χ2n) is 6.32. The highest BCUT2D eigenvalue weighted by Crippen LogP contribution is 2.30. The lowest BCUT2D eigenvalue weighted by atomic mass is 10.0. The number of anilines is 2. The monoisotopic (exact) mass is 351 g/mol. The minimum atomic E-state index is -0.187. The van der Waals surface area contributed by atoms with E-state index in [0.29, 0.717) is 23.5 Å². The minimum absolute atomic E-state index is 0.0184. The van der Waals surface area contributed by atoms with Crippen LogP contribution in [0.25, 0.3) is 10.2 Å². The normalized spacial score (nSPS) is 13.4. The van der Waals surface area contributed by atoms with Crippen LogP contribution in [0, 0.1) is 13.8 Å². The van der Waals surface area contributed by atoms with E-state index in [1.807, 2.05) is 13.0 Å². The number of nitrogens with zero attached hydrogens (tertiary/aromatic N) is 1. The number of benzene rings is 2. The highest BCUT2D eigenvalue weighted by Gasteiger charge is 2.17. The van der Waals surface area contributed by atoms with Crippen LogP contribution in [0.3, 0.4) is 0 Å². The molecule has 2 heterocycles. The zero-order chi connectivity index (χ0) is 17.6. The second-order valence-corrected chi connectivity index (χ2v) is 7.35. The van der Waals surface area contributed by atoms with Crippen LogP contribution in [0.4, 0.5) is 10.8 Å². The summed E-state index contributed by atoms with van der Waals surface area (Å²) in [5, 5.41) is 6.31. The number of hydrogen-bond acceptors (Lipinski definition) is 4. The van der Waals surface area contributed by atoms with E-state index in [1.54, 1.807) is 12.1 Å². The summed E-state index contributed by atoms with van der Waals surface area (Å²) in [6, 6.07) is 9.52. The van der Waals surface area contributed by atoms with Gasteiger partial charge in [-0.25, -0.2) is 4.98 Å². The lowest BCUT2D eigenvalue weighted by Crippen LogP contribution is -2.20. The second kappa shape index (κ2) is 5.97. The largest absolute Gasteiger partial charge is 0.326 e. The third kappa shape index (κ3) is 3.00. The zero-order valence-electron chi connectivity index (χ0n) is 14.0. The molecular weight excluding hydrogens is 334 g/mol. The summed E-state index contributed by atoms with van der Waals surface area (Å²) in [6.45, 7) is 4.08. The number of hydrogen-bond donors (Lipinski definition) is 2. The van der Waals surface area contributed by atoms with Gasteiger partial charge in [0.25, 0.3) is 5.91 Å². The van der Waals surface area contributed by atoms with Crippen molar-refractivity contribution in [1.29, 1.82) is 0 Å². The Morgan fingerprint density at radius 2 is 2.04 bits per heavy atom. The maximum Gasteiger partial charge on any atom is 0.257 e. The number of amides is 2. The smallest absolute Gasteiger partial charge is 0.257 e. The molecule has 1 aliphatic rings. The third-order valence-electron chi connectivity index (χ3n) is 4.31. The van der Waals surface area contributed by atoms with E-state index >= 15 is 0 Å². The number of carbonyl (C=O) groups is 2. The van der Waals surface area contributed by atoms with Crippen molar-refractivity contribution in [3.63, 3.8) is 0 Å². The fraction of sp³-hybridized carbons (Fsp3) is 0.211. The standard InChI is InChI=1S/C19H17N3O2S/c1-10-7-11(2)17-15(8-10)25-19(21-17)22-18(24)13-3-5-14-12(9-13)4-6-16(23)20-14/h3,5,7-9H,4,6H2,1-2H3,(H,20,23)(H,21,22,24). The minimum Gasteiger partial charge on any atom is -0.326 e. The number of nitrogens with one attached hydrogen (secondary N) is 2. The molecule has 0 unspecified atom stereocenters. The van der Waals surface area contributed by atoms with Gasteiger partial charge < -0.3 is 5.32 Å². The molecule has 0 bridgehead atoms. The molecule has 2 amide bonds. The molecule has 0 saturated carbocycles. The molecule has 2 N–H and O–H groups in total. The summed E-state index contributed by atoms with van der Waals surface area (Å²) in [7, 11) is 0. The summed E-state index contributed by atoms with van der Waals surface area (Å²) in [6.07, 6.45) is 1.11. The molecule has 1 aliphatic heterocycles. The maximum atomic E-state index is 12.6. The molecule has 6 heteroatoms. The Bertz CT molecular complexity index is 1020. The van der Waals surface area contributed by atoms with Crippen LogP contribution in [-0.2, 0) is 11.2 Å². The number of aryl methyl sites for hydroxylation is 3. The Labute approximate surface area is 149 Å². The molecule has 0 saturated heterocycles. The van der Waals surface area contributed by atoms with E-state index in [-0.39, 0.29) is 11.8 Å². The van der Waals surface area contributed by atoms with Crippen molar-refractivity contribution in [3.05, 3.63) is 52.6 Å². The SMILES string of the molecule is Cc1cc(C)c2nc(NC(=O)c3ccc4c(c3)CCC(=O)N4)sc2c1. The van der Waals surface area contributed by atoms with Crippen LogP contribution in [0.5, 0.6) is 0 Å². The molecule has 0 fully saturated rings. The van der Waals surface area contributed by atoms with Crippen molar-refractivity contribution in [2.75, 3.05) is 10.6 Å². The molecule has 2 aromatic carbocycles.